The highest BCUT2D eigenvalue weighted by molar-refractivity contribution is 6.29. The average molecular weight is 607 g/mol. The van der Waals surface area contributed by atoms with Crippen LogP contribution in [0, 0.1) is 0 Å². The minimum Gasteiger partial charge on any atom is -0.0616 e. The summed E-state index contributed by atoms with van der Waals surface area (Å²) in [7, 11) is 0. The summed E-state index contributed by atoms with van der Waals surface area (Å²) >= 11 is 0. The van der Waals surface area contributed by atoms with Crippen LogP contribution in [0.3, 0.4) is 0 Å². The van der Waals surface area contributed by atoms with Gasteiger partial charge >= 0.3 is 0 Å². The van der Waals surface area contributed by atoms with Crippen LogP contribution in [0.4, 0.5) is 0 Å². The third kappa shape index (κ3) is 3.88. The molecule has 0 saturated carbocycles. The van der Waals surface area contributed by atoms with Crippen LogP contribution >= 0.6 is 0 Å². The Morgan fingerprint density at radius 1 is 0.383 bits per heavy atom. The van der Waals surface area contributed by atoms with Gasteiger partial charge in [-0.05, 0) is 128 Å². The second kappa shape index (κ2) is 9.23. The highest BCUT2D eigenvalue weighted by atomic mass is 14.4. The molecule has 47 heavy (non-hydrogen) atoms. The van der Waals surface area contributed by atoms with Gasteiger partial charge in [-0.3, -0.25) is 0 Å². The summed E-state index contributed by atoms with van der Waals surface area (Å²) in [6, 6.07) is 42.2. The third-order valence-electron chi connectivity index (χ3n) is 11.3. The second-order valence-electron chi connectivity index (χ2n) is 16.6. The molecule has 0 unspecified atom stereocenters. The monoisotopic (exact) mass is 606 g/mol. The Balaban J connectivity index is 1.43. The van der Waals surface area contributed by atoms with E-state index in [1.165, 1.54) is 99.1 Å². The second-order valence-corrected chi connectivity index (χ2v) is 16.6. The molecule has 0 spiro atoms. The Kier molecular flexibility index (Phi) is 5.60. The Bertz CT molecular complexity index is 2490. The van der Waals surface area contributed by atoms with E-state index in [0.717, 1.165) is 0 Å². The predicted octanol–water partition coefficient (Wildman–Crippen LogP) is 13.4. The summed E-state index contributed by atoms with van der Waals surface area (Å²) in [4.78, 5) is 0. The lowest BCUT2D eigenvalue weighted by atomic mass is 9.76. The fraction of sp³-hybridized carbons (Fsp3) is 0.234. The first-order chi connectivity index (χ1) is 22.3. The molecule has 0 saturated heterocycles. The number of hydrogen-bond acceptors (Lipinski definition) is 0. The summed E-state index contributed by atoms with van der Waals surface area (Å²) in [6.07, 6.45) is 0. The van der Waals surface area contributed by atoms with Crippen molar-refractivity contribution in [3.8, 4) is 44.5 Å². The zero-order valence-corrected chi connectivity index (χ0v) is 28.9. The molecule has 0 amide bonds. The smallest absolute Gasteiger partial charge is 0.0159 e. The van der Waals surface area contributed by atoms with Gasteiger partial charge in [0, 0.05) is 5.41 Å². The van der Waals surface area contributed by atoms with Gasteiger partial charge < -0.3 is 0 Å². The lowest BCUT2D eigenvalue weighted by Crippen LogP contribution is -2.19. The normalized spacial score (nSPS) is 14.6. The van der Waals surface area contributed by atoms with Gasteiger partial charge in [0.1, 0.15) is 0 Å². The number of benzene rings is 7. The van der Waals surface area contributed by atoms with Gasteiger partial charge in [0.15, 0.2) is 0 Å². The quantitative estimate of drug-likeness (QED) is 0.163. The molecule has 2 aliphatic carbocycles. The molecule has 0 aliphatic heterocycles. The Labute approximate surface area is 279 Å². The Morgan fingerprint density at radius 3 is 1.68 bits per heavy atom. The molecule has 0 aromatic heterocycles. The van der Waals surface area contributed by atoms with Gasteiger partial charge in [-0.15, -0.1) is 0 Å². The van der Waals surface area contributed by atoms with Crippen LogP contribution in [-0.2, 0) is 16.2 Å². The first-order valence-corrected chi connectivity index (χ1v) is 17.2. The maximum Gasteiger partial charge on any atom is 0.0159 e. The highest BCUT2D eigenvalue weighted by Crippen LogP contribution is 2.56. The molecule has 0 N–H and O–H groups in total. The fourth-order valence-corrected chi connectivity index (χ4v) is 8.63. The largest absolute Gasteiger partial charge is 0.0616 e. The summed E-state index contributed by atoms with van der Waals surface area (Å²) in [6.45, 7) is 18.9. The molecule has 230 valence electrons. The van der Waals surface area contributed by atoms with Crippen LogP contribution < -0.4 is 0 Å². The molecule has 0 bridgehead atoms. The van der Waals surface area contributed by atoms with Crippen LogP contribution in [0.2, 0.25) is 0 Å². The zero-order chi connectivity index (χ0) is 32.6. The number of hydrogen-bond donors (Lipinski definition) is 0. The van der Waals surface area contributed by atoms with E-state index >= 15 is 0 Å². The van der Waals surface area contributed by atoms with Crippen molar-refractivity contribution in [1.82, 2.24) is 0 Å². The van der Waals surface area contributed by atoms with Gasteiger partial charge in [0.2, 0.25) is 0 Å². The van der Waals surface area contributed by atoms with Gasteiger partial charge in [-0.2, -0.15) is 0 Å². The van der Waals surface area contributed by atoms with Gasteiger partial charge in [0.25, 0.3) is 0 Å². The molecule has 0 heteroatoms. The first-order valence-electron chi connectivity index (χ1n) is 17.2. The Morgan fingerprint density at radius 2 is 0.957 bits per heavy atom. The number of rotatable bonds is 1. The minimum absolute atomic E-state index is 0.0128. The van der Waals surface area contributed by atoms with E-state index in [9.17, 15) is 0 Å². The van der Waals surface area contributed by atoms with Crippen molar-refractivity contribution in [2.75, 3.05) is 0 Å². The third-order valence-corrected chi connectivity index (χ3v) is 11.3. The molecule has 9 rings (SSSR count). The van der Waals surface area contributed by atoms with Crippen molar-refractivity contribution in [2.45, 2.75) is 71.6 Å². The molecule has 7 aromatic carbocycles. The summed E-state index contributed by atoms with van der Waals surface area (Å²) in [5.74, 6) is 0. The van der Waals surface area contributed by atoms with Crippen molar-refractivity contribution in [3.05, 3.63) is 131 Å². The predicted molar refractivity (Wildman–Crippen MR) is 204 cm³/mol. The molecular formula is C47H42. The van der Waals surface area contributed by atoms with Crippen molar-refractivity contribution in [3.63, 3.8) is 0 Å². The van der Waals surface area contributed by atoms with Crippen LogP contribution in [0.15, 0.2) is 109 Å². The maximum atomic E-state index is 2.53. The lowest BCUT2D eigenvalue weighted by Gasteiger charge is -2.28. The zero-order valence-electron chi connectivity index (χ0n) is 28.9. The van der Waals surface area contributed by atoms with Gasteiger partial charge in [0.05, 0.1) is 0 Å². The number of fused-ring (bicyclic) bond motifs is 10. The minimum atomic E-state index is -0.102. The summed E-state index contributed by atoms with van der Waals surface area (Å²) in [5, 5.41) is 8.04. The SMILES string of the molecule is CC(C)(C)c1ccc2c(c1)C(C)(C)c1cc(C(C)(C)C)cc(-c3cc4c5cccc6c5c(cc4c4ccccc34)-c3ccccc3-6)c1-2. The van der Waals surface area contributed by atoms with E-state index in [4.69, 9.17) is 0 Å². The Hall–Kier alpha value is -4.68. The van der Waals surface area contributed by atoms with Crippen molar-refractivity contribution >= 4 is 32.3 Å². The first kappa shape index (κ1) is 28.5. The van der Waals surface area contributed by atoms with Crippen LogP contribution in [0.25, 0.3) is 76.8 Å². The van der Waals surface area contributed by atoms with E-state index in [2.05, 4.69) is 165 Å². The van der Waals surface area contributed by atoms with Gasteiger partial charge in [-0.1, -0.05) is 146 Å². The average Bonchev–Trinajstić information content (AvgIpc) is 3.49. The van der Waals surface area contributed by atoms with Crippen molar-refractivity contribution in [1.29, 1.82) is 0 Å². The van der Waals surface area contributed by atoms with E-state index in [0.29, 0.717) is 0 Å². The van der Waals surface area contributed by atoms with Crippen molar-refractivity contribution < 1.29 is 0 Å². The fourth-order valence-electron chi connectivity index (χ4n) is 8.63. The lowest BCUT2D eigenvalue weighted by molar-refractivity contribution is 0.580. The van der Waals surface area contributed by atoms with E-state index in [1.807, 2.05) is 0 Å². The topological polar surface area (TPSA) is 0 Å². The van der Waals surface area contributed by atoms with Gasteiger partial charge in [-0.25, -0.2) is 0 Å². The molecule has 0 nitrogen and oxygen atoms in total. The molecule has 0 fully saturated rings. The summed E-state index contributed by atoms with van der Waals surface area (Å²) in [5.41, 5.74) is 16.6. The molecule has 0 radical (unpaired) electrons. The molecule has 0 heterocycles. The molecular weight excluding hydrogens is 565 g/mol. The van der Waals surface area contributed by atoms with E-state index in [1.54, 1.807) is 0 Å². The molecule has 2 aliphatic rings. The van der Waals surface area contributed by atoms with E-state index in [-0.39, 0.29) is 16.2 Å². The maximum absolute atomic E-state index is 2.53. The van der Waals surface area contributed by atoms with Crippen molar-refractivity contribution in [2.24, 2.45) is 0 Å². The van der Waals surface area contributed by atoms with Crippen LogP contribution in [0.5, 0.6) is 0 Å². The van der Waals surface area contributed by atoms with E-state index < -0.39 is 0 Å². The molecule has 7 aromatic rings. The van der Waals surface area contributed by atoms with Crippen LogP contribution in [-0.4, -0.2) is 0 Å². The standard InChI is InChI=1S/C47H42/c1-45(2,3)27-20-21-35-41(23-27)47(7,8)42-24-28(46(4,5)6)22-39(44(35)42)37-25-38-34-19-13-18-33-29-14-9-12-17-32(29)40(43(33)34)26-36(38)30-15-10-11-16-31(30)37/h9-26H,1-8H3. The van der Waals surface area contributed by atoms with Crippen LogP contribution in [0.1, 0.15) is 77.6 Å². The molecule has 0 atom stereocenters. The highest BCUT2D eigenvalue weighted by Gasteiger charge is 2.39. The summed E-state index contributed by atoms with van der Waals surface area (Å²) < 4.78 is 0.